The highest BCUT2D eigenvalue weighted by Gasteiger charge is 2.12. The average molecular weight is 345 g/mol. The Hall–Kier alpha value is -3.11. The summed E-state index contributed by atoms with van der Waals surface area (Å²) < 4.78 is 5.82. The molecule has 1 aromatic heterocycles. The Morgan fingerprint density at radius 2 is 1.69 bits per heavy atom. The van der Waals surface area contributed by atoms with Crippen LogP contribution in [0.15, 0.2) is 77.2 Å². The van der Waals surface area contributed by atoms with E-state index >= 15 is 0 Å². The van der Waals surface area contributed by atoms with Gasteiger partial charge in [-0.1, -0.05) is 48.5 Å². The number of hydrogen-bond acceptors (Lipinski definition) is 2. The van der Waals surface area contributed by atoms with Gasteiger partial charge in [-0.2, -0.15) is 0 Å². The molecule has 0 aliphatic heterocycles. The molecule has 0 saturated carbocycles. The van der Waals surface area contributed by atoms with Crippen LogP contribution in [0, 0.1) is 0 Å². The third-order valence-electron chi connectivity index (χ3n) is 4.64. The van der Waals surface area contributed by atoms with Gasteiger partial charge >= 0.3 is 0 Å². The maximum absolute atomic E-state index is 12.3. The molecular weight excluding hydrogens is 324 g/mol. The number of quaternary nitrogens is 1. The molecule has 3 N–H and O–H groups in total. The largest absolute Gasteiger partial charge is 0.456 e. The van der Waals surface area contributed by atoms with Crippen LogP contribution in [0.1, 0.15) is 18.5 Å². The summed E-state index contributed by atoms with van der Waals surface area (Å²) >= 11 is 0. The number of amides is 1. The van der Waals surface area contributed by atoms with Crippen LogP contribution in [-0.4, -0.2) is 12.5 Å². The zero-order valence-corrected chi connectivity index (χ0v) is 14.6. The predicted octanol–water partition coefficient (Wildman–Crippen LogP) is 3.85. The van der Waals surface area contributed by atoms with Gasteiger partial charge in [0.15, 0.2) is 6.54 Å². The summed E-state index contributed by atoms with van der Waals surface area (Å²) in [5.41, 5.74) is 3.69. The molecule has 4 nitrogen and oxygen atoms in total. The smallest absolute Gasteiger partial charge is 0.279 e. The summed E-state index contributed by atoms with van der Waals surface area (Å²) in [6.45, 7) is 2.48. The fraction of sp³-hybridized carbons (Fsp3) is 0.136. The van der Waals surface area contributed by atoms with E-state index in [-0.39, 0.29) is 11.9 Å². The number of rotatable bonds is 5. The number of anilines is 1. The van der Waals surface area contributed by atoms with E-state index in [0.29, 0.717) is 6.54 Å². The van der Waals surface area contributed by atoms with E-state index in [1.807, 2.05) is 66.0 Å². The number of benzene rings is 3. The summed E-state index contributed by atoms with van der Waals surface area (Å²) in [7, 11) is 0. The van der Waals surface area contributed by atoms with Gasteiger partial charge < -0.3 is 15.1 Å². The molecule has 0 radical (unpaired) electrons. The lowest BCUT2D eigenvalue weighted by molar-refractivity contribution is -0.682. The third-order valence-corrected chi connectivity index (χ3v) is 4.64. The van der Waals surface area contributed by atoms with Gasteiger partial charge in [0.1, 0.15) is 17.2 Å². The van der Waals surface area contributed by atoms with Gasteiger partial charge in [0, 0.05) is 22.0 Å². The van der Waals surface area contributed by atoms with E-state index in [1.54, 1.807) is 0 Å². The SMILES string of the molecule is C[C@H]([NH2+]CC(=O)Nc1ccc2oc3ccccc3c2c1)c1ccccc1. The Kier molecular flexibility index (Phi) is 4.42. The third kappa shape index (κ3) is 3.32. The van der Waals surface area contributed by atoms with Crippen LogP contribution in [0.4, 0.5) is 5.69 Å². The van der Waals surface area contributed by atoms with Crippen molar-refractivity contribution in [2.45, 2.75) is 13.0 Å². The molecule has 0 aliphatic carbocycles. The van der Waals surface area contributed by atoms with E-state index < -0.39 is 0 Å². The molecular formula is C22H21N2O2+. The van der Waals surface area contributed by atoms with Crippen LogP contribution in [0.3, 0.4) is 0 Å². The molecule has 0 aliphatic rings. The summed E-state index contributed by atoms with van der Waals surface area (Å²) in [6, 6.07) is 24.1. The minimum absolute atomic E-state index is 0.0140. The van der Waals surface area contributed by atoms with E-state index in [4.69, 9.17) is 4.42 Å². The minimum atomic E-state index is -0.0140. The van der Waals surface area contributed by atoms with Crippen LogP contribution in [0.25, 0.3) is 21.9 Å². The fourth-order valence-electron chi connectivity index (χ4n) is 3.19. The number of carbonyl (C=O) groups excluding carboxylic acids is 1. The first kappa shape index (κ1) is 16.4. The van der Waals surface area contributed by atoms with Crippen LogP contribution < -0.4 is 10.6 Å². The van der Waals surface area contributed by atoms with Gasteiger partial charge in [-0.15, -0.1) is 0 Å². The molecule has 0 bridgehead atoms. The topological polar surface area (TPSA) is 58.9 Å². The van der Waals surface area contributed by atoms with Crippen LogP contribution in [0.5, 0.6) is 0 Å². The summed E-state index contributed by atoms with van der Waals surface area (Å²) in [5.74, 6) is -0.0140. The van der Waals surface area contributed by atoms with E-state index in [2.05, 4.69) is 24.4 Å². The summed E-state index contributed by atoms with van der Waals surface area (Å²) in [5, 5.41) is 7.09. The van der Waals surface area contributed by atoms with Gasteiger partial charge in [-0.3, -0.25) is 4.79 Å². The predicted molar refractivity (Wildman–Crippen MR) is 104 cm³/mol. The number of fused-ring (bicyclic) bond motifs is 3. The average Bonchev–Trinajstić information content (AvgIpc) is 3.05. The molecule has 4 rings (SSSR count). The van der Waals surface area contributed by atoms with Crippen molar-refractivity contribution in [3.63, 3.8) is 0 Å². The quantitative estimate of drug-likeness (QED) is 0.577. The number of carbonyl (C=O) groups is 1. The number of nitrogens with two attached hydrogens (primary N) is 1. The molecule has 0 fully saturated rings. The Morgan fingerprint density at radius 1 is 0.962 bits per heavy atom. The zero-order chi connectivity index (χ0) is 17.9. The minimum Gasteiger partial charge on any atom is -0.456 e. The van der Waals surface area contributed by atoms with Crippen molar-refractivity contribution in [1.29, 1.82) is 0 Å². The number of hydrogen-bond donors (Lipinski definition) is 2. The molecule has 0 unspecified atom stereocenters. The summed E-state index contributed by atoms with van der Waals surface area (Å²) in [4.78, 5) is 12.3. The molecule has 4 heteroatoms. The molecule has 1 amide bonds. The van der Waals surface area contributed by atoms with E-state index in [9.17, 15) is 4.79 Å². The van der Waals surface area contributed by atoms with Crippen LogP contribution >= 0.6 is 0 Å². The summed E-state index contributed by atoms with van der Waals surface area (Å²) in [6.07, 6.45) is 0. The highest BCUT2D eigenvalue weighted by molar-refractivity contribution is 6.06. The number of para-hydroxylation sites is 1. The molecule has 0 saturated heterocycles. The van der Waals surface area contributed by atoms with Gasteiger partial charge in [0.2, 0.25) is 0 Å². The van der Waals surface area contributed by atoms with Crippen molar-refractivity contribution in [2.75, 3.05) is 11.9 Å². The highest BCUT2D eigenvalue weighted by atomic mass is 16.3. The Bertz CT molecular complexity index is 1050. The lowest BCUT2D eigenvalue weighted by Gasteiger charge is -2.11. The number of nitrogens with one attached hydrogen (secondary N) is 1. The van der Waals surface area contributed by atoms with Gasteiger partial charge in [0.25, 0.3) is 5.91 Å². The maximum Gasteiger partial charge on any atom is 0.279 e. The first-order valence-electron chi connectivity index (χ1n) is 8.80. The molecule has 1 atom stereocenters. The molecule has 3 aromatic carbocycles. The second-order valence-corrected chi connectivity index (χ2v) is 6.50. The van der Waals surface area contributed by atoms with E-state index in [1.165, 1.54) is 5.56 Å². The maximum atomic E-state index is 12.3. The van der Waals surface area contributed by atoms with Gasteiger partial charge in [0.05, 0.1) is 0 Å². The lowest BCUT2D eigenvalue weighted by Crippen LogP contribution is -2.86. The first-order chi connectivity index (χ1) is 12.7. The molecule has 130 valence electrons. The second-order valence-electron chi connectivity index (χ2n) is 6.50. The Balaban J connectivity index is 1.45. The standard InChI is InChI=1S/C22H20N2O2/c1-15(16-7-3-2-4-8-16)23-14-22(25)24-17-11-12-21-19(13-17)18-9-5-6-10-20(18)26-21/h2-13,15,23H,14H2,1H3,(H,24,25)/p+1/t15-/m0/s1. The van der Waals surface area contributed by atoms with Gasteiger partial charge in [-0.25, -0.2) is 0 Å². The Morgan fingerprint density at radius 3 is 2.54 bits per heavy atom. The molecule has 1 heterocycles. The van der Waals surface area contributed by atoms with Gasteiger partial charge in [-0.05, 0) is 31.2 Å². The monoisotopic (exact) mass is 345 g/mol. The zero-order valence-electron chi connectivity index (χ0n) is 14.6. The molecule has 4 aromatic rings. The highest BCUT2D eigenvalue weighted by Crippen LogP contribution is 2.30. The van der Waals surface area contributed by atoms with E-state index in [0.717, 1.165) is 27.6 Å². The first-order valence-corrected chi connectivity index (χ1v) is 8.80. The van der Waals surface area contributed by atoms with Crippen LogP contribution in [-0.2, 0) is 4.79 Å². The van der Waals surface area contributed by atoms with Crippen molar-refractivity contribution < 1.29 is 14.5 Å². The fourth-order valence-corrected chi connectivity index (χ4v) is 3.19. The van der Waals surface area contributed by atoms with Crippen molar-refractivity contribution >= 4 is 33.5 Å². The molecule has 26 heavy (non-hydrogen) atoms. The van der Waals surface area contributed by atoms with Crippen molar-refractivity contribution in [3.8, 4) is 0 Å². The van der Waals surface area contributed by atoms with Crippen LogP contribution in [0.2, 0.25) is 0 Å². The van der Waals surface area contributed by atoms with Crippen molar-refractivity contribution in [2.24, 2.45) is 0 Å². The molecule has 0 spiro atoms. The van der Waals surface area contributed by atoms with Crippen molar-refractivity contribution in [3.05, 3.63) is 78.4 Å². The van der Waals surface area contributed by atoms with Crippen molar-refractivity contribution in [1.82, 2.24) is 0 Å². The number of furan rings is 1. The second kappa shape index (κ2) is 7.02. The Labute approximate surface area is 151 Å². The lowest BCUT2D eigenvalue weighted by atomic mass is 10.1. The normalized spacial score (nSPS) is 12.3.